The molecule has 0 aromatic heterocycles. The monoisotopic (exact) mass is 368 g/mol. The second kappa shape index (κ2) is 15.5. The first-order chi connectivity index (χ1) is 12.3. The number of esters is 1. The molecule has 0 saturated carbocycles. The van der Waals surface area contributed by atoms with Crippen LogP contribution in [0.3, 0.4) is 0 Å². The molecule has 0 aromatic rings. The van der Waals surface area contributed by atoms with E-state index in [-0.39, 0.29) is 5.97 Å². The third-order valence-corrected chi connectivity index (χ3v) is 5.51. The van der Waals surface area contributed by atoms with Crippen LogP contribution in [0.25, 0.3) is 0 Å². The molecule has 156 valence electrons. The van der Waals surface area contributed by atoms with Gasteiger partial charge in [0.15, 0.2) is 0 Å². The van der Waals surface area contributed by atoms with Crippen LogP contribution >= 0.6 is 0 Å². The van der Waals surface area contributed by atoms with Gasteiger partial charge in [-0.2, -0.15) is 0 Å². The van der Waals surface area contributed by atoms with Crippen molar-refractivity contribution >= 4 is 5.97 Å². The first-order valence-electron chi connectivity index (χ1n) is 11.4. The van der Waals surface area contributed by atoms with Crippen molar-refractivity contribution in [3.05, 3.63) is 0 Å². The van der Waals surface area contributed by atoms with Crippen molar-refractivity contribution in [1.82, 2.24) is 0 Å². The number of unbranched alkanes of at least 4 members (excludes halogenated alkanes) is 4. The van der Waals surface area contributed by atoms with Crippen molar-refractivity contribution < 1.29 is 9.53 Å². The third kappa shape index (κ3) is 16.9. The summed E-state index contributed by atoms with van der Waals surface area (Å²) in [6.45, 7) is 14.5. The maximum Gasteiger partial charge on any atom is 0.305 e. The van der Waals surface area contributed by atoms with Crippen molar-refractivity contribution in [2.75, 3.05) is 6.61 Å². The number of carbonyl (C=O) groups excluding carboxylic acids is 1. The summed E-state index contributed by atoms with van der Waals surface area (Å²) in [7, 11) is 0. The van der Waals surface area contributed by atoms with Crippen LogP contribution in [0.15, 0.2) is 0 Å². The van der Waals surface area contributed by atoms with Gasteiger partial charge in [0.25, 0.3) is 0 Å². The van der Waals surface area contributed by atoms with Gasteiger partial charge in [-0.15, -0.1) is 0 Å². The van der Waals surface area contributed by atoms with Gasteiger partial charge in [-0.05, 0) is 42.9 Å². The number of hydrogen-bond acceptors (Lipinski definition) is 2. The Balaban J connectivity index is 3.47. The van der Waals surface area contributed by atoms with E-state index in [1.807, 2.05) is 0 Å². The van der Waals surface area contributed by atoms with Crippen LogP contribution in [-0.2, 0) is 9.53 Å². The van der Waals surface area contributed by atoms with E-state index >= 15 is 0 Å². The normalized spacial score (nSPS) is 13.2. The number of hydrogen-bond donors (Lipinski definition) is 0. The van der Waals surface area contributed by atoms with Crippen LogP contribution in [0.5, 0.6) is 0 Å². The zero-order chi connectivity index (χ0) is 19.8. The van der Waals surface area contributed by atoms with Gasteiger partial charge in [-0.25, -0.2) is 0 Å². The largest absolute Gasteiger partial charge is 0.466 e. The second-order valence-corrected chi connectivity index (χ2v) is 9.62. The molecule has 26 heavy (non-hydrogen) atoms. The Morgan fingerprint density at radius 1 is 0.846 bits per heavy atom. The van der Waals surface area contributed by atoms with Crippen molar-refractivity contribution in [3.8, 4) is 0 Å². The lowest BCUT2D eigenvalue weighted by molar-refractivity contribution is -0.144. The standard InChI is InChI=1S/C24H48O2/c1-7-18-24(5,6)19-12-10-8-9-11-16-23(25)26-20-17-22(4)15-13-14-21(2)3/h21-22H,7-20H2,1-6H3. The van der Waals surface area contributed by atoms with Crippen LogP contribution in [0.2, 0.25) is 0 Å². The number of ether oxygens (including phenoxy) is 1. The molecule has 1 atom stereocenters. The highest BCUT2D eigenvalue weighted by atomic mass is 16.5. The van der Waals surface area contributed by atoms with Crippen molar-refractivity contribution in [2.45, 2.75) is 125 Å². The summed E-state index contributed by atoms with van der Waals surface area (Å²) >= 11 is 0. The van der Waals surface area contributed by atoms with E-state index in [1.54, 1.807) is 0 Å². The predicted octanol–water partition coefficient (Wildman–Crippen LogP) is 7.94. The first-order valence-corrected chi connectivity index (χ1v) is 11.4. The van der Waals surface area contributed by atoms with Gasteiger partial charge in [0.05, 0.1) is 6.61 Å². The fourth-order valence-corrected chi connectivity index (χ4v) is 3.67. The molecule has 0 saturated heterocycles. The number of rotatable bonds is 17. The van der Waals surface area contributed by atoms with E-state index in [0.717, 1.165) is 25.2 Å². The SMILES string of the molecule is CCCC(C)(C)CCCCCCCC(=O)OCCC(C)CCCC(C)C. The average Bonchev–Trinajstić information content (AvgIpc) is 2.53. The zero-order valence-electron chi connectivity index (χ0n) is 18.9. The maximum atomic E-state index is 11.8. The molecule has 0 bridgehead atoms. The molecule has 0 N–H and O–H groups in total. The summed E-state index contributed by atoms with van der Waals surface area (Å²) in [5.41, 5.74) is 0.504. The van der Waals surface area contributed by atoms with Crippen molar-refractivity contribution in [2.24, 2.45) is 17.3 Å². The molecule has 0 radical (unpaired) electrons. The minimum absolute atomic E-state index is 0.00320. The van der Waals surface area contributed by atoms with Crippen LogP contribution in [0, 0.1) is 17.3 Å². The highest BCUT2D eigenvalue weighted by molar-refractivity contribution is 5.69. The summed E-state index contributed by atoms with van der Waals surface area (Å²) in [5.74, 6) is 1.46. The zero-order valence-corrected chi connectivity index (χ0v) is 18.9. The summed E-state index contributed by atoms with van der Waals surface area (Å²) in [6.07, 6.45) is 15.4. The Bertz CT molecular complexity index is 333. The second-order valence-electron chi connectivity index (χ2n) is 9.62. The van der Waals surface area contributed by atoms with E-state index < -0.39 is 0 Å². The fourth-order valence-electron chi connectivity index (χ4n) is 3.67. The average molecular weight is 369 g/mol. The Kier molecular flexibility index (Phi) is 15.2. The van der Waals surface area contributed by atoms with Gasteiger partial charge in [0, 0.05) is 6.42 Å². The van der Waals surface area contributed by atoms with Gasteiger partial charge in [0.1, 0.15) is 0 Å². The quantitative estimate of drug-likeness (QED) is 0.192. The Morgan fingerprint density at radius 2 is 1.50 bits per heavy atom. The van der Waals surface area contributed by atoms with Gasteiger partial charge in [-0.1, -0.05) is 92.9 Å². The topological polar surface area (TPSA) is 26.3 Å². The van der Waals surface area contributed by atoms with E-state index in [0.29, 0.717) is 24.4 Å². The molecule has 0 rings (SSSR count). The molecule has 1 unspecified atom stereocenters. The molecule has 2 heteroatoms. The van der Waals surface area contributed by atoms with Gasteiger partial charge >= 0.3 is 5.97 Å². The molecular formula is C24H48O2. The van der Waals surface area contributed by atoms with Crippen LogP contribution < -0.4 is 0 Å². The molecular weight excluding hydrogens is 320 g/mol. The molecule has 0 aliphatic heterocycles. The van der Waals surface area contributed by atoms with Crippen molar-refractivity contribution in [3.63, 3.8) is 0 Å². The van der Waals surface area contributed by atoms with E-state index in [2.05, 4.69) is 41.5 Å². The van der Waals surface area contributed by atoms with Gasteiger partial charge < -0.3 is 4.74 Å². The minimum Gasteiger partial charge on any atom is -0.466 e. The van der Waals surface area contributed by atoms with Gasteiger partial charge in [-0.3, -0.25) is 4.79 Å². The lowest BCUT2D eigenvalue weighted by Gasteiger charge is -2.23. The molecule has 0 fully saturated rings. The van der Waals surface area contributed by atoms with Crippen LogP contribution in [-0.4, -0.2) is 12.6 Å². The van der Waals surface area contributed by atoms with E-state index in [4.69, 9.17) is 4.74 Å². The lowest BCUT2D eigenvalue weighted by Crippen LogP contribution is -2.10. The Labute approximate surface area is 164 Å². The lowest BCUT2D eigenvalue weighted by atomic mass is 9.83. The highest BCUT2D eigenvalue weighted by Crippen LogP contribution is 2.29. The molecule has 0 amide bonds. The van der Waals surface area contributed by atoms with Gasteiger partial charge in [0.2, 0.25) is 0 Å². The molecule has 0 spiro atoms. The summed E-state index contributed by atoms with van der Waals surface area (Å²) in [4.78, 5) is 11.8. The van der Waals surface area contributed by atoms with Crippen LogP contribution in [0.1, 0.15) is 125 Å². The Hall–Kier alpha value is -0.530. The summed E-state index contributed by atoms with van der Waals surface area (Å²) in [5, 5.41) is 0. The molecule has 0 heterocycles. The highest BCUT2D eigenvalue weighted by Gasteiger charge is 2.15. The fraction of sp³-hybridized carbons (Fsp3) is 0.958. The predicted molar refractivity (Wildman–Crippen MR) is 114 cm³/mol. The number of carbonyl (C=O) groups is 1. The van der Waals surface area contributed by atoms with E-state index in [9.17, 15) is 4.79 Å². The maximum absolute atomic E-state index is 11.8. The molecule has 2 nitrogen and oxygen atoms in total. The van der Waals surface area contributed by atoms with E-state index in [1.165, 1.54) is 57.8 Å². The Morgan fingerprint density at radius 3 is 2.15 bits per heavy atom. The van der Waals surface area contributed by atoms with Crippen LogP contribution in [0.4, 0.5) is 0 Å². The minimum atomic E-state index is 0.00320. The summed E-state index contributed by atoms with van der Waals surface area (Å²) < 4.78 is 5.40. The summed E-state index contributed by atoms with van der Waals surface area (Å²) in [6, 6.07) is 0. The van der Waals surface area contributed by atoms with Crippen molar-refractivity contribution in [1.29, 1.82) is 0 Å². The molecule has 0 aliphatic rings. The first kappa shape index (κ1) is 25.5. The smallest absolute Gasteiger partial charge is 0.305 e. The third-order valence-electron chi connectivity index (χ3n) is 5.51. The molecule has 0 aliphatic carbocycles. The molecule has 0 aromatic carbocycles.